The van der Waals surface area contributed by atoms with Gasteiger partial charge in [-0.25, -0.2) is 9.69 Å². The van der Waals surface area contributed by atoms with E-state index in [2.05, 4.69) is 5.32 Å². The van der Waals surface area contributed by atoms with E-state index in [1.807, 2.05) is 49.4 Å². The van der Waals surface area contributed by atoms with Crippen molar-refractivity contribution in [1.82, 2.24) is 5.32 Å². The van der Waals surface area contributed by atoms with Crippen LogP contribution in [0.2, 0.25) is 5.02 Å². The van der Waals surface area contributed by atoms with Gasteiger partial charge in [-0.15, -0.1) is 0 Å². The van der Waals surface area contributed by atoms with Gasteiger partial charge in [0.25, 0.3) is 11.8 Å². The molecule has 0 spiro atoms. The number of carbonyl (C=O) groups excluding carboxylic acids is 3. The van der Waals surface area contributed by atoms with Crippen molar-refractivity contribution >= 4 is 52.0 Å². The molecule has 0 atom stereocenters. The average Bonchev–Trinajstić information content (AvgIpc) is 2.87. The summed E-state index contributed by atoms with van der Waals surface area (Å²) < 4.78 is 5.97. The van der Waals surface area contributed by atoms with Gasteiger partial charge in [0.15, 0.2) is 0 Å². The van der Waals surface area contributed by atoms with Crippen molar-refractivity contribution in [3.63, 3.8) is 0 Å². The Hall–Kier alpha value is -4.42. The molecule has 7 heteroatoms. The highest BCUT2D eigenvalue weighted by atomic mass is 35.5. The average molecular weight is 497 g/mol. The Balaban J connectivity index is 1.37. The molecule has 0 aromatic heterocycles. The lowest BCUT2D eigenvalue weighted by atomic mass is 10.1. The zero-order valence-electron chi connectivity index (χ0n) is 19.3. The highest BCUT2D eigenvalue weighted by Gasteiger charge is 2.36. The fourth-order valence-electron chi connectivity index (χ4n) is 4.05. The first-order valence-electron chi connectivity index (χ1n) is 11.3. The number of fused-ring (bicyclic) bond motifs is 1. The number of imide groups is 2. The minimum atomic E-state index is -0.791. The number of nitrogens with one attached hydrogen (secondary N) is 1. The largest absolute Gasteiger partial charge is 0.487 e. The Kier molecular flexibility index (Phi) is 6.27. The smallest absolute Gasteiger partial charge is 0.335 e. The van der Waals surface area contributed by atoms with Gasteiger partial charge in [-0.3, -0.25) is 14.9 Å². The number of ether oxygens (including phenoxy) is 1. The van der Waals surface area contributed by atoms with E-state index in [0.717, 1.165) is 26.8 Å². The van der Waals surface area contributed by atoms with Crippen LogP contribution in [0.15, 0.2) is 90.5 Å². The van der Waals surface area contributed by atoms with E-state index in [1.165, 1.54) is 6.08 Å². The number of benzene rings is 4. The molecule has 4 amide bonds. The van der Waals surface area contributed by atoms with Gasteiger partial charge in [0, 0.05) is 0 Å². The summed E-state index contributed by atoms with van der Waals surface area (Å²) >= 11 is 6.46. The molecule has 5 rings (SSSR count). The van der Waals surface area contributed by atoms with E-state index in [1.54, 1.807) is 42.5 Å². The zero-order valence-corrected chi connectivity index (χ0v) is 20.1. The number of hydrogen-bond donors (Lipinski definition) is 1. The maximum atomic E-state index is 13.1. The minimum Gasteiger partial charge on any atom is -0.487 e. The lowest BCUT2D eigenvalue weighted by Crippen LogP contribution is -2.54. The molecule has 178 valence electrons. The van der Waals surface area contributed by atoms with E-state index in [0.29, 0.717) is 28.6 Å². The lowest BCUT2D eigenvalue weighted by molar-refractivity contribution is -0.122. The Morgan fingerprint density at radius 3 is 2.44 bits per heavy atom. The second-order valence-corrected chi connectivity index (χ2v) is 8.82. The molecule has 0 aliphatic carbocycles. The molecule has 1 aliphatic rings. The van der Waals surface area contributed by atoms with E-state index >= 15 is 0 Å². The Morgan fingerprint density at radius 1 is 0.917 bits per heavy atom. The Bertz CT molecular complexity index is 1540. The summed E-state index contributed by atoms with van der Waals surface area (Å²) in [4.78, 5) is 38.9. The summed E-state index contributed by atoms with van der Waals surface area (Å²) in [7, 11) is 0. The van der Waals surface area contributed by atoms with Crippen LogP contribution in [0.5, 0.6) is 5.75 Å². The van der Waals surface area contributed by atoms with Gasteiger partial charge in [-0.2, -0.15) is 0 Å². The topological polar surface area (TPSA) is 75.7 Å². The van der Waals surface area contributed by atoms with Crippen LogP contribution < -0.4 is 15.0 Å². The second-order valence-electron chi connectivity index (χ2n) is 8.41. The molecular formula is C29H21ClN2O4. The zero-order chi connectivity index (χ0) is 25.2. The molecule has 1 saturated heterocycles. The first kappa shape index (κ1) is 23.3. The summed E-state index contributed by atoms with van der Waals surface area (Å²) in [5.41, 5.74) is 2.73. The third kappa shape index (κ3) is 4.59. The minimum absolute atomic E-state index is 0.171. The van der Waals surface area contributed by atoms with Gasteiger partial charge in [0.1, 0.15) is 17.9 Å². The fraction of sp³-hybridized carbons (Fsp3) is 0.0690. The van der Waals surface area contributed by atoms with Gasteiger partial charge in [-0.05, 0) is 59.2 Å². The van der Waals surface area contributed by atoms with E-state index in [-0.39, 0.29) is 5.57 Å². The summed E-state index contributed by atoms with van der Waals surface area (Å²) in [6.07, 6.45) is 1.41. The first-order chi connectivity index (χ1) is 17.4. The van der Waals surface area contributed by atoms with Gasteiger partial charge in [-0.1, -0.05) is 77.8 Å². The van der Waals surface area contributed by atoms with Crippen molar-refractivity contribution in [3.05, 3.63) is 112 Å². The normalized spacial score (nSPS) is 14.9. The van der Waals surface area contributed by atoms with Gasteiger partial charge >= 0.3 is 6.03 Å². The molecule has 1 aliphatic heterocycles. The second kappa shape index (κ2) is 9.68. The summed E-state index contributed by atoms with van der Waals surface area (Å²) in [6.45, 7) is 2.23. The number of carbonyl (C=O) groups is 3. The molecule has 0 radical (unpaired) electrons. The van der Waals surface area contributed by atoms with Crippen molar-refractivity contribution in [2.45, 2.75) is 13.5 Å². The predicted octanol–water partition coefficient (Wildman–Crippen LogP) is 6.05. The molecule has 0 saturated carbocycles. The quantitative estimate of drug-likeness (QED) is 0.270. The van der Waals surface area contributed by atoms with Crippen LogP contribution in [0.4, 0.5) is 10.5 Å². The molecule has 1 heterocycles. The van der Waals surface area contributed by atoms with Crippen molar-refractivity contribution < 1.29 is 19.1 Å². The number of amides is 4. The number of barbiturate groups is 1. The number of halogens is 1. The standard InChI is InChI=1S/C29H21ClN2O4/c1-18-9-12-22(13-10-18)32-28(34)24(27(33)31-29(32)35)15-19-11-14-26(25(30)16-19)36-17-21-7-4-6-20-5-2-3-8-23(20)21/h2-16H,17H2,1H3,(H,31,33,35)/b24-15+. The van der Waals surface area contributed by atoms with E-state index < -0.39 is 17.8 Å². The number of aryl methyl sites for hydroxylation is 1. The van der Waals surface area contributed by atoms with Crippen LogP contribution in [0.25, 0.3) is 16.8 Å². The summed E-state index contributed by atoms with van der Waals surface area (Å²) in [5, 5.41) is 4.79. The first-order valence-corrected chi connectivity index (χ1v) is 11.7. The van der Waals surface area contributed by atoms with Crippen molar-refractivity contribution in [3.8, 4) is 5.75 Å². The van der Waals surface area contributed by atoms with Crippen molar-refractivity contribution in [1.29, 1.82) is 0 Å². The Morgan fingerprint density at radius 2 is 1.67 bits per heavy atom. The maximum absolute atomic E-state index is 13.1. The molecule has 0 unspecified atom stereocenters. The monoisotopic (exact) mass is 496 g/mol. The van der Waals surface area contributed by atoms with Crippen LogP contribution >= 0.6 is 11.6 Å². The fourth-order valence-corrected chi connectivity index (χ4v) is 4.29. The molecule has 1 N–H and O–H groups in total. The molecule has 0 bridgehead atoms. The van der Waals surface area contributed by atoms with Crippen LogP contribution in [-0.4, -0.2) is 17.8 Å². The highest BCUT2D eigenvalue weighted by Crippen LogP contribution is 2.29. The van der Waals surface area contributed by atoms with Crippen LogP contribution in [-0.2, 0) is 16.2 Å². The summed E-state index contributed by atoms with van der Waals surface area (Å²) in [6, 6.07) is 25.2. The highest BCUT2D eigenvalue weighted by molar-refractivity contribution is 6.39. The van der Waals surface area contributed by atoms with Crippen molar-refractivity contribution in [2.24, 2.45) is 0 Å². The van der Waals surface area contributed by atoms with Gasteiger partial charge < -0.3 is 4.74 Å². The van der Waals surface area contributed by atoms with Gasteiger partial charge in [0.2, 0.25) is 0 Å². The van der Waals surface area contributed by atoms with E-state index in [9.17, 15) is 14.4 Å². The predicted molar refractivity (Wildman–Crippen MR) is 140 cm³/mol. The lowest BCUT2D eigenvalue weighted by Gasteiger charge is -2.26. The van der Waals surface area contributed by atoms with Crippen molar-refractivity contribution in [2.75, 3.05) is 4.90 Å². The third-order valence-corrected chi connectivity index (χ3v) is 6.22. The van der Waals surface area contributed by atoms with E-state index in [4.69, 9.17) is 16.3 Å². The molecule has 1 fully saturated rings. The van der Waals surface area contributed by atoms with Crippen LogP contribution in [0, 0.1) is 6.92 Å². The number of urea groups is 1. The maximum Gasteiger partial charge on any atom is 0.335 e. The van der Waals surface area contributed by atoms with Gasteiger partial charge in [0.05, 0.1) is 10.7 Å². The molecule has 6 nitrogen and oxygen atoms in total. The number of rotatable bonds is 5. The third-order valence-electron chi connectivity index (χ3n) is 5.92. The molecule has 4 aromatic carbocycles. The van der Waals surface area contributed by atoms with Crippen LogP contribution in [0.3, 0.4) is 0 Å². The Labute approximate surface area is 212 Å². The number of hydrogen-bond acceptors (Lipinski definition) is 4. The number of nitrogens with zero attached hydrogens (tertiary/aromatic N) is 1. The molecular weight excluding hydrogens is 476 g/mol. The molecule has 4 aromatic rings. The molecule has 36 heavy (non-hydrogen) atoms. The van der Waals surface area contributed by atoms with Crippen LogP contribution in [0.1, 0.15) is 16.7 Å². The summed E-state index contributed by atoms with van der Waals surface area (Å²) in [5.74, 6) is -0.997. The SMILES string of the molecule is Cc1ccc(N2C(=O)NC(=O)/C(=C\c3ccc(OCc4cccc5ccccc45)c(Cl)c3)C2=O)cc1. The number of anilines is 1.